The monoisotopic (exact) mass is 478 g/mol. The van der Waals surface area contributed by atoms with Crippen LogP contribution < -0.4 is 4.72 Å². The van der Waals surface area contributed by atoms with Crippen molar-refractivity contribution in [3.8, 4) is 0 Å². The lowest BCUT2D eigenvalue weighted by Gasteiger charge is -2.11. The molecule has 1 heterocycles. The molecule has 0 aliphatic heterocycles. The number of esters is 1. The van der Waals surface area contributed by atoms with Gasteiger partial charge >= 0.3 is 5.97 Å². The summed E-state index contributed by atoms with van der Waals surface area (Å²) >= 11 is 0. The molecule has 0 aliphatic rings. The van der Waals surface area contributed by atoms with Crippen LogP contribution in [0.4, 0.5) is 0 Å². The summed E-state index contributed by atoms with van der Waals surface area (Å²) in [7, 11) is -1.98. The highest BCUT2D eigenvalue weighted by molar-refractivity contribution is 7.88. The normalized spacial score (nSPS) is 11.9. The number of nitrogens with zero attached hydrogens (tertiary/aromatic N) is 1. The fourth-order valence-corrected chi connectivity index (χ4v) is 4.71. The lowest BCUT2D eigenvalue weighted by Crippen LogP contribution is -2.27. The van der Waals surface area contributed by atoms with Gasteiger partial charge in [0.1, 0.15) is 0 Å². The molecule has 0 saturated carbocycles. The molecule has 0 spiro atoms. The van der Waals surface area contributed by atoms with Crippen molar-refractivity contribution in [2.45, 2.75) is 31.4 Å². The van der Waals surface area contributed by atoms with Crippen molar-refractivity contribution in [3.63, 3.8) is 0 Å². The number of ether oxygens (including phenoxy) is 1. The standard InChI is InChI=1S/C27H30N2O4S/c1-33-27(30)12-6-5-11-26(25-10-7-18-28-20-25)24-15-13-22(14-16-24)17-19-29-34(31,32)21-23-8-3-2-4-9-23/h2-4,7-11,13-16,18,20,29H,5-6,12,17,19,21H2,1H3/b26-11+. The first-order valence-electron chi connectivity index (χ1n) is 11.2. The van der Waals surface area contributed by atoms with E-state index in [-0.39, 0.29) is 11.7 Å². The maximum atomic E-state index is 12.3. The minimum absolute atomic E-state index is 0.0258. The summed E-state index contributed by atoms with van der Waals surface area (Å²) in [6.07, 6.45) is 8.10. The molecule has 0 aliphatic carbocycles. The van der Waals surface area contributed by atoms with Crippen molar-refractivity contribution < 1.29 is 17.9 Å². The second kappa shape index (κ2) is 12.8. The van der Waals surface area contributed by atoms with E-state index in [9.17, 15) is 13.2 Å². The minimum Gasteiger partial charge on any atom is -0.469 e. The van der Waals surface area contributed by atoms with Crippen LogP contribution in [-0.4, -0.2) is 33.0 Å². The van der Waals surface area contributed by atoms with Gasteiger partial charge in [-0.05, 0) is 47.6 Å². The average molecular weight is 479 g/mol. The van der Waals surface area contributed by atoms with Crippen LogP contribution in [0.1, 0.15) is 41.5 Å². The van der Waals surface area contributed by atoms with Crippen molar-refractivity contribution >= 4 is 21.6 Å². The van der Waals surface area contributed by atoms with E-state index >= 15 is 0 Å². The van der Waals surface area contributed by atoms with E-state index < -0.39 is 10.0 Å². The number of sulfonamides is 1. The first-order chi connectivity index (χ1) is 16.5. The molecular weight excluding hydrogens is 448 g/mol. The van der Waals surface area contributed by atoms with Gasteiger partial charge in [0.2, 0.25) is 10.0 Å². The molecule has 0 bridgehead atoms. The number of carbonyl (C=O) groups excluding carboxylic acids is 1. The molecule has 6 nitrogen and oxygen atoms in total. The number of unbranched alkanes of at least 4 members (excludes halogenated alkanes) is 1. The Morgan fingerprint density at radius 1 is 0.971 bits per heavy atom. The Morgan fingerprint density at radius 3 is 2.41 bits per heavy atom. The molecule has 34 heavy (non-hydrogen) atoms. The molecule has 0 radical (unpaired) electrons. The highest BCUT2D eigenvalue weighted by atomic mass is 32.2. The molecule has 0 unspecified atom stereocenters. The van der Waals surface area contributed by atoms with Crippen molar-refractivity contribution in [1.29, 1.82) is 0 Å². The zero-order valence-electron chi connectivity index (χ0n) is 19.3. The first-order valence-corrected chi connectivity index (χ1v) is 12.9. The maximum absolute atomic E-state index is 12.3. The molecule has 178 valence electrons. The molecular formula is C27H30N2O4S. The van der Waals surface area contributed by atoms with E-state index in [2.05, 4.69) is 15.8 Å². The van der Waals surface area contributed by atoms with E-state index in [0.717, 1.165) is 34.2 Å². The number of pyridine rings is 1. The van der Waals surface area contributed by atoms with Gasteiger partial charge in [-0.15, -0.1) is 0 Å². The number of benzene rings is 2. The number of hydrogen-bond acceptors (Lipinski definition) is 5. The van der Waals surface area contributed by atoms with Gasteiger partial charge in [0, 0.05) is 30.9 Å². The van der Waals surface area contributed by atoms with E-state index in [1.165, 1.54) is 7.11 Å². The number of aromatic nitrogens is 1. The third-order valence-corrected chi connectivity index (χ3v) is 6.69. The Labute approximate surface area is 201 Å². The summed E-state index contributed by atoms with van der Waals surface area (Å²) < 4.78 is 32.0. The van der Waals surface area contributed by atoms with Crippen LogP contribution in [0.5, 0.6) is 0 Å². The molecule has 1 aromatic heterocycles. The second-order valence-corrected chi connectivity index (χ2v) is 9.72. The molecule has 0 atom stereocenters. The van der Waals surface area contributed by atoms with Crippen molar-refractivity contribution in [2.24, 2.45) is 0 Å². The van der Waals surface area contributed by atoms with E-state index in [4.69, 9.17) is 4.74 Å². The highest BCUT2D eigenvalue weighted by Gasteiger charge is 2.11. The van der Waals surface area contributed by atoms with Crippen LogP contribution in [0.2, 0.25) is 0 Å². The van der Waals surface area contributed by atoms with E-state index in [1.807, 2.05) is 60.8 Å². The Bertz CT molecular complexity index is 1180. The molecule has 1 N–H and O–H groups in total. The third kappa shape index (κ3) is 8.24. The smallest absolute Gasteiger partial charge is 0.305 e. The minimum atomic E-state index is -3.38. The number of methoxy groups -OCH3 is 1. The number of rotatable bonds is 12. The fraction of sp³-hybridized carbons (Fsp3) is 0.259. The molecule has 0 fully saturated rings. The van der Waals surface area contributed by atoms with Gasteiger partial charge in [-0.1, -0.05) is 66.7 Å². The number of hydrogen-bond donors (Lipinski definition) is 1. The van der Waals surface area contributed by atoms with Crippen LogP contribution >= 0.6 is 0 Å². The molecule has 3 rings (SSSR count). The van der Waals surface area contributed by atoms with E-state index in [1.54, 1.807) is 18.3 Å². The molecule has 0 amide bonds. The van der Waals surface area contributed by atoms with E-state index in [0.29, 0.717) is 25.8 Å². The van der Waals surface area contributed by atoms with Crippen LogP contribution in [0.15, 0.2) is 85.2 Å². The van der Waals surface area contributed by atoms with Crippen molar-refractivity contribution in [1.82, 2.24) is 9.71 Å². The summed E-state index contributed by atoms with van der Waals surface area (Å²) in [6, 6.07) is 21.1. The SMILES string of the molecule is COC(=O)CCC/C=C(\c1ccc(CCNS(=O)(=O)Cc2ccccc2)cc1)c1cccnc1. The van der Waals surface area contributed by atoms with Crippen molar-refractivity contribution in [2.75, 3.05) is 13.7 Å². The van der Waals surface area contributed by atoms with Crippen LogP contribution in [0.3, 0.4) is 0 Å². The number of carbonyl (C=O) groups is 1. The quantitative estimate of drug-likeness (QED) is 0.306. The topological polar surface area (TPSA) is 85.4 Å². The summed E-state index contributed by atoms with van der Waals surface area (Å²) in [5, 5.41) is 0. The number of allylic oxidation sites excluding steroid dienone is 1. The average Bonchev–Trinajstić information content (AvgIpc) is 2.85. The van der Waals surface area contributed by atoms with Gasteiger partial charge in [-0.2, -0.15) is 0 Å². The van der Waals surface area contributed by atoms with Crippen LogP contribution in [-0.2, 0) is 31.7 Å². The summed E-state index contributed by atoms with van der Waals surface area (Å²) in [4.78, 5) is 15.6. The van der Waals surface area contributed by atoms with Gasteiger partial charge in [-0.3, -0.25) is 9.78 Å². The Morgan fingerprint density at radius 2 is 1.74 bits per heavy atom. The van der Waals surface area contributed by atoms with Gasteiger partial charge in [0.05, 0.1) is 12.9 Å². The molecule has 3 aromatic rings. The zero-order valence-corrected chi connectivity index (χ0v) is 20.1. The maximum Gasteiger partial charge on any atom is 0.305 e. The van der Waals surface area contributed by atoms with Gasteiger partial charge < -0.3 is 4.74 Å². The molecule has 2 aromatic carbocycles. The highest BCUT2D eigenvalue weighted by Crippen LogP contribution is 2.24. The van der Waals surface area contributed by atoms with Gasteiger partial charge in [-0.25, -0.2) is 13.1 Å². The Kier molecular flexibility index (Phi) is 9.55. The largest absolute Gasteiger partial charge is 0.469 e. The molecule has 7 heteroatoms. The lowest BCUT2D eigenvalue weighted by molar-refractivity contribution is -0.140. The van der Waals surface area contributed by atoms with Crippen LogP contribution in [0, 0.1) is 0 Å². The Hall–Kier alpha value is -3.29. The summed E-state index contributed by atoms with van der Waals surface area (Å²) in [5.74, 6) is -0.234. The first kappa shape index (κ1) is 25.3. The third-order valence-electron chi connectivity index (χ3n) is 5.33. The predicted molar refractivity (Wildman–Crippen MR) is 134 cm³/mol. The lowest BCUT2D eigenvalue weighted by atomic mass is 9.96. The van der Waals surface area contributed by atoms with Crippen LogP contribution in [0.25, 0.3) is 5.57 Å². The summed E-state index contributed by atoms with van der Waals surface area (Å²) in [6.45, 7) is 0.341. The van der Waals surface area contributed by atoms with Gasteiger partial charge in [0.25, 0.3) is 0 Å². The second-order valence-electron chi connectivity index (χ2n) is 7.91. The van der Waals surface area contributed by atoms with Crippen molar-refractivity contribution in [3.05, 3.63) is 107 Å². The summed E-state index contributed by atoms with van der Waals surface area (Å²) in [5.41, 5.74) is 4.90. The fourth-order valence-electron chi connectivity index (χ4n) is 3.57. The number of nitrogens with one attached hydrogen (secondary N) is 1. The molecule has 0 saturated heterocycles. The predicted octanol–water partition coefficient (Wildman–Crippen LogP) is 4.52. The Balaban J connectivity index is 1.61. The van der Waals surface area contributed by atoms with Gasteiger partial charge in [0.15, 0.2) is 0 Å². The zero-order chi connectivity index (χ0) is 24.2.